The summed E-state index contributed by atoms with van der Waals surface area (Å²) < 4.78 is 6.01. The SMILES string of the molecule is CCOC1(C(O)c2ccc(Cl)cc2)CCCCCC1. The molecule has 1 aliphatic carbocycles. The molecule has 0 bridgehead atoms. The first-order valence-corrected chi connectivity index (χ1v) is 7.63. The van der Waals surface area contributed by atoms with Crippen molar-refractivity contribution >= 4 is 11.6 Å². The van der Waals surface area contributed by atoms with Crippen LogP contribution in [0, 0.1) is 0 Å². The summed E-state index contributed by atoms with van der Waals surface area (Å²) in [5.74, 6) is 0. The lowest BCUT2D eigenvalue weighted by Crippen LogP contribution is -2.39. The predicted molar refractivity (Wildman–Crippen MR) is 78.5 cm³/mol. The normalized spacial score (nSPS) is 20.8. The van der Waals surface area contributed by atoms with Crippen LogP contribution in [0.25, 0.3) is 0 Å². The summed E-state index contributed by atoms with van der Waals surface area (Å²) in [5, 5.41) is 11.5. The monoisotopic (exact) mass is 282 g/mol. The zero-order valence-electron chi connectivity index (χ0n) is 11.6. The summed E-state index contributed by atoms with van der Waals surface area (Å²) in [7, 11) is 0. The molecule has 1 N–H and O–H groups in total. The van der Waals surface area contributed by atoms with Gasteiger partial charge in [0.25, 0.3) is 0 Å². The van der Waals surface area contributed by atoms with E-state index in [1.54, 1.807) is 0 Å². The highest BCUT2D eigenvalue weighted by molar-refractivity contribution is 6.30. The average molecular weight is 283 g/mol. The van der Waals surface area contributed by atoms with Crippen molar-refractivity contribution in [1.29, 1.82) is 0 Å². The molecular formula is C16H23ClO2. The Labute approximate surface area is 120 Å². The van der Waals surface area contributed by atoms with E-state index in [2.05, 4.69) is 0 Å². The van der Waals surface area contributed by atoms with Crippen LogP contribution in [0.5, 0.6) is 0 Å². The molecule has 1 saturated carbocycles. The topological polar surface area (TPSA) is 29.5 Å². The fourth-order valence-electron chi connectivity index (χ4n) is 3.06. The highest BCUT2D eigenvalue weighted by Gasteiger charge is 2.39. The lowest BCUT2D eigenvalue weighted by atomic mass is 9.84. The van der Waals surface area contributed by atoms with Gasteiger partial charge in [-0.3, -0.25) is 0 Å². The molecular weight excluding hydrogens is 260 g/mol. The van der Waals surface area contributed by atoms with Crippen LogP contribution >= 0.6 is 11.6 Å². The van der Waals surface area contributed by atoms with Crippen LogP contribution in [-0.4, -0.2) is 17.3 Å². The minimum Gasteiger partial charge on any atom is -0.385 e. The maximum absolute atomic E-state index is 10.8. The Balaban J connectivity index is 2.23. The summed E-state index contributed by atoms with van der Waals surface area (Å²) in [6.45, 7) is 2.64. The van der Waals surface area contributed by atoms with Crippen LogP contribution in [0.4, 0.5) is 0 Å². The highest BCUT2D eigenvalue weighted by atomic mass is 35.5. The van der Waals surface area contributed by atoms with Crippen molar-refractivity contribution in [3.05, 3.63) is 34.9 Å². The van der Waals surface area contributed by atoms with Gasteiger partial charge in [-0.15, -0.1) is 0 Å². The Kier molecular flexibility index (Phi) is 5.26. The van der Waals surface area contributed by atoms with Crippen LogP contribution in [0.3, 0.4) is 0 Å². The second-order valence-electron chi connectivity index (χ2n) is 5.37. The maximum Gasteiger partial charge on any atom is 0.108 e. The molecule has 0 saturated heterocycles. The Morgan fingerprint density at radius 1 is 1.16 bits per heavy atom. The quantitative estimate of drug-likeness (QED) is 0.824. The molecule has 3 heteroatoms. The summed E-state index contributed by atoms with van der Waals surface area (Å²) in [6, 6.07) is 7.46. The van der Waals surface area contributed by atoms with E-state index in [0.717, 1.165) is 31.2 Å². The van der Waals surface area contributed by atoms with E-state index in [9.17, 15) is 5.11 Å². The van der Waals surface area contributed by atoms with Gasteiger partial charge in [-0.2, -0.15) is 0 Å². The van der Waals surface area contributed by atoms with Crippen molar-refractivity contribution in [2.24, 2.45) is 0 Å². The molecule has 2 nitrogen and oxygen atoms in total. The van der Waals surface area contributed by atoms with E-state index in [1.165, 1.54) is 12.8 Å². The molecule has 0 amide bonds. The third kappa shape index (κ3) is 3.50. The van der Waals surface area contributed by atoms with Crippen LogP contribution in [0.2, 0.25) is 5.02 Å². The number of halogens is 1. The number of rotatable bonds is 4. The number of aliphatic hydroxyl groups is 1. The third-order valence-electron chi connectivity index (χ3n) is 4.07. The predicted octanol–water partition coefficient (Wildman–Crippen LogP) is 4.50. The molecule has 0 radical (unpaired) electrons. The van der Waals surface area contributed by atoms with Crippen molar-refractivity contribution in [2.45, 2.75) is 57.2 Å². The molecule has 1 aromatic rings. The van der Waals surface area contributed by atoms with Gasteiger partial charge in [0.2, 0.25) is 0 Å². The molecule has 19 heavy (non-hydrogen) atoms. The standard InChI is InChI=1S/C16H23ClO2/c1-2-19-16(11-5-3-4-6-12-16)15(18)13-7-9-14(17)10-8-13/h7-10,15,18H,2-6,11-12H2,1H3. The Morgan fingerprint density at radius 3 is 2.26 bits per heavy atom. The van der Waals surface area contributed by atoms with Crippen molar-refractivity contribution in [3.63, 3.8) is 0 Å². The van der Waals surface area contributed by atoms with Gasteiger partial charge in [0.05, 0.1) is 5.60 Å². The Morgan fingerprint density at radius 2 is 1.74 bits per heavy atom. The minimum absolute atomic E-state index is 0.418. The van der Waals surface area contributed by atoms with Crippen molar-refractivity contribution in [3.8, 4) is 0 Å². The van der Waals surface area contributed by atoms with Gasteiger partial charge >= 0.3 is 0 Å². The van der Waals surface area contributed by atoms with Gasteiger partial charge in [0, 0.05) is 11.6 Å². The number of benzene rings is 1. The zero-order valence-corrected chi connectivity index (χ0v) is 12.3. The van der Waals surface area contributed by atoms with Crippen LogP contribution < -0.4 is 0 Å². The lowest BCUT2D eigenvalue weighted by molar-refractivity contribution is -0.131. The van der Waals surface area contributed by atoms with Crippen LogP contribution in [-0.2, 0) is 4.74 Å². The number of hydrogen-bond acceptors (Lipinski definition) is 2. The average Bonchev–Trinajstić information content (AvgIpc) is 2.66. The summed E-state index contributed by atoms with van der Waals surface area (Å²) in [6.07, 6.45) is 6.04. The molecule has 1 aliphatic rings. The Hall–Kier alpha value is -0.570. The smallest absolute Gasteiger partial charge is 0.108 e. The maximum atomic E-state index is 10.8. The number of hydrogen-bond donors (Lipinski definition) is 1. The molecule has 1 unspecified atom stereocenters. The second-order valence-corrected chi connectivity index (χ2v) is 5.80. The van der Waals surface area contributed by atoms with E-state index in [0.29, 0.717) is 11.6 Å². The molecule has 0 spiro atoms. The van der Waals surface area contributed by atoms with Gasteiger partial charge in [-0.25, -0.2) is 0 Å². The first-order valence-electron chi connectivity index (χ1n) is 7.25. The van der Waals surface area contributed by atoms with Crippen LogP contribution in [0.15, 0.2) is 24.3 Å². The molecule has 106 valence electrons. The van der Waals surface area contributed by atoms with E-state index in [-0.39, 0.29) is 0 Å². The van der Waals surface area contributed by atoms with Gasteiger partial charge in [-0.05, 0) is 37.5 Å². The molecule has 1 aromatic carbocycles. The summed E-state index contributed by atoms with van der Waals surface area (Å²) in [5.41, 5.74) is 0.485. The molecule has 1 atom stereocenters. The minimum atomic E-state index is -0.567. The number of ether oxygens (including phenoxy) is 1. The second kappa shape index (κ2) is 6.74. The first-order chi connectivity index (χ1) is 9.18. The highest BCUT2D eigenvalue weighted by Crippen LogP contribution is 2.40. The number of aliphatic hydroxyl groups excluding tert-OH is 1. The summed E-state index contributed by atoms with van der Waals surface area (Å²) >= 11 is 5.91. The molecule has 0 aliphatic heterocycles. The third-order valence-corrected chi connectivity index (χ3v) is 4.32. The van der Waals surface area contributed by atoms with E-state index < -0.39 is 11.7 Å². The van der Waals surface area contributed by atoms with E-state index >= 15 is 0 Å². The van der Waals surface area contributed by atoms with Gasteiger partial charge in [0.1, 0.15) is 6.10 Å². The fraction of sp³-hybridized carbons (Fsp3) is 0.625. The molecule has 1 fully saturated rings. The fourth-order valence-corrected chi connectivity index (χ4v) is 3.19. The molecule has 0 aromatic heterocycles. The van der Waals surface area contributed by atoms with Crippen molar-refractivity contribution in [2.75, 3.05) is 6.61 Å². The largest absolute Gasteiger partial charge is 0.385 e. The van der Waals surface area contributed by atoms with E-state index in [1.807, 2.05) is 31.2 Å². The van der Waals surface area contributed by atoms with Gasteiger partial charge in [-0.1, -0.05) is 49.4 Å². The van der Waals surface area contributed by atoms with Crippen molar-refractivity contribution in [1.82, 2.24) is 0 Å². The first kappa shape index (κ1) is 14.8. The van der Waals surface area contributed by atoms with Gasteiger partial charge < -0.3 is 9.84 Å². The summed E-state index contributed by atoms with van der Waals surface area (Å²) in [4.78, 5) is 0. The van der Waals surface area contributed by atoms with Gasteiger partial charge in [0.15, 0.2) is 0 Å². The zero-order chi connectivity index (χ0) is 13.7. The molecule has 2 rings (SSSR count). The van der Waals surface area contributed by atoms with Crippen LogP contribution in [0.1, 0.15) is 57.1 Å². The van der Waals surface area contributed by atoms with Crippen molar-refractivity contribution < 1.29 is 9.84 Å². The van der Waals surface area contributed by atoms with E-state index in [4.69, 9.17) is 16.3 Å². The Bertz CT molecular complexity index is 380. The lowest BCUT2D eigenvalue weighted by Gasteiger charge is -2.37. The molecule has 0 heterocycles.